The summed E-state index contributed by atoms with van der Waals surface area (Å²) in [6, 6.07) is 16.8. The van der Waals surface area contributed by atoms with Crippen molar-refractivity contribution in [2.24, 2.45) is 0 Å². The number of amides is 1. The predicted octanol–water partition coefficient (Wildman–Crippen LogP) is 2.76. The third-order valence-electron chi connectivity index (χ3n) is 3.10. The third-order valence-corrected chi connectivity index (χ3v) is 3.10. The number of hydrogen-bond acceptors (Lipinski definition) is 4. The Balaban J connectivity index is 2.31. The second kappa shape index (κ2) is 6.99. The van der Waals surface area contributed by atoms with E-state index in [-0.39, 0.29) is 24.3 Å². The van der Waals surface area contributed by atoms with Crippen LogP contribution in [0.3, 0.4) is 0 Å². The number of para-hydroxylation sites is 1. The van der Waals surface area contributed by atoms with Gasteiger partial charge >= 0.3 is 0 Å². The zero-order valence-electron chi connectivity index (χ0n) is 11.7. The highest BCUT2D eigenvalue weighted by atomic mass is 16.6. The van der Waals surface area contributed by atoms with Crippen molar-refractivity contribution in [1.29, 1.82) is 5.26 Å². The number of hydrogen-bond donors (Lipinski definition) is 0. The molecule has 0 radical (unpaired) electrons. The molecule has 0 aliphatic rings. The number of nitriles is 1. The van der Waals surface area contributed by atoms with E-state index >= 15 is 0 Å². The van der Waals surface area contributed by atoms with E-state index in [0.717, 1.165) is 5.56 Å². The van der Waals surface area contributed by atoms with Crippen LogP contribution in [0.15, 0.2) is 54.6 Å². The Bertz CT molecular complexity index is 723. The summed E-state index contributed by atoms with van der Waals surface area (Å²) in [4.78, 5) is 24.3. The zero-order valence-corrected chi connectivity index (χ0v) is 11.7. The molecule has 2 aromatic carbocycles. The first kappa shape index (κ1) is 15.2. The molecule has 0 heterocycles. The predicted molar refractivity (Wildman–Crippen MR) is 79.9 cm³/mol. The molecule has 110 valence electrons. The molecule has 0 aliphatic carbocycles. The lowest BCUT2D eigenvalue weighted by Gasteiger charge is -2.19. The van der Waals surface area contributed by atoms with Crippen molar-refractivity contribution < 1.29 is 9.72 Å². The summed E-state index contributed by atoms with van der Waals surface area (Å²) >= 11 is 0. The molecule has 2 rings (SSSR count). The van der Waals surface area contributed by atoms with E-state index in [2.05, 4.69) is 0 Å². The number of carbonyl (C=O) groups excluding carboxylic acids is 1. The monoisotopic (exact) mass is 295 g/mol. The highest BCUT2D eigenvalue weighted by Gasteiger charge is 2.24. The molecule has 0 saturated carbocycles. The fraction of sp³-hybridized carbons (Fsp3) is 0.125. The van der Waals surface area contributed by atoms with Crippen molar-refractivity contribution in [1.82, 2.24) is 4.90 Å². The van der Waals surface area contributed by atoms with Gasteiger partial charge in [0.2, 0.25) is 0 Å². The van der Waals surface area contributed by atoms with Crippen LogP contribution >= 0.6 is 0 Å². The standard InChI is InChI=1S/C16H13N3O3/c17-10-11-18(12-13-6-2-1-3-7-13)16(20)14-8-4-5-9-15(14)19(21)22/h1-9H,11-12H2. The largest absolute Gasteiger partial charge is 0.321 e. The molecule has 2 aromatic rings. The van der Waals surface area contributed by atoms with Gasteiger partial charge in [0.1, 0.15) is 12.1 Å². The van der Waals surface area contributed by atoms with E-state index in [9.17, 15) is 14.9 Å². The Kier molecular flexibility index (Phi) is 4.83. The van der Waals surface area contributed by atoms with Gasteiger partial charge in [0.15, 0.2) is 0 Å². The van der Waals surface area contributed by atoms with E-state index in [0.29, 0.717) is 0 Å². The number of nitro groups is 1. The molecule has 22 heavy (non-hydrogen) atoms. The van der Waals surface area contributed by atoms with Crippen molar-refractivity contribution >= 4 is 11.6 Å². The average molecular weight is 295 g/mol. The Morgan fingerprint density at radius 3 is 2.41 bits per heavy atom. The molecule has 0 fully saturated rings. The first-order valence-corrected chi connectivity index (χ1v) is 6.57. The van der Waals surface area contributed by atoms with Crippen molar-refractivity contribution in [2.75, 3.05) is 6.54 Å². The van der Waals surface area contributed by atoms with E-state index in [1.165, 1.54) is 23.1 Å². The van der Waals surface area contributed by atoms with Crippen molar-refractivity contribution in [3.05, 3.63) is 75.8 Å². The Morgan fingerprint density at radius 1 is 1.14 bits per heavy atom. The topological polar surface area (TPSA) is 87.2 Å². The zero-order chi connectivity index (χ0) is 15.9. The van der Waals surface area contributed by atoms with Crippen molar-refractivity contribution in [2.45, 2.75) is 6.54 Å². The van der Waals surface area contributed by atoms with Crippen LogP contribution in [-0.2, 0) is 6.54 Å². The van der Waals surface area contributed by atoms with Gasteiger partial charge in [-0.25, -0.2) is 0 Å². The average Bonchev–Trinajstić information content (AvgIpc) is 2.54. The SMILES string of the molecule is N#CCN(Cc1ccccc1)C(=O)c1ccccc1[N+](=O)[O-]. The summed E-state index contributed by atoms with van der Waals surface area (Å²) in [5.41, 5.74) is 0.576. The van der Waals surface area contributed by atoms with Gasteiger partial charge in [0.05, 0.1) is 11.0 Å². The van der Waals surface area contributed by atoms with Crippen LogP contribution in [0.4, 0.5) is 5.69 Å². The Hall–Kier alpha value is -3.20. The molecule has 0 aromatic heterocycles. The summed E-state index contributed by atoms with van der Waals surface area (Å²) in [7, 11) is 0. The molecular weight excluding hydrogens is 282 g/mol. The fourth-order valence-electron chi connectivity index (χ4n) is 2.07. The molecule has 0 atom stereocenters. The molecule has 0 bridgehead atoms. The van der Waals surface area contributed by atoms with E-state index in [1.807, 2.05) is 36.4 Å². The summed E-state index contributed by atoms with van der Waals surface area (Å²) in [6.07, 6.45) is 0. The van der Waals surface area contributed by atoms with Gasteiger partial charge < -0.3 is 4.90 Å². The highest BCUT2D eigenvalue weighted by Crippen LogP contribution is 2.20. The molecule has 6 heteroatoms. The Morgan fingerprint density at radius 2 is 1.77 bits per heavy atom. The van der Waals surface area contributed by atoms with Crippen LogP contribution < -0.4 is 0 Å². The van der Waals surface area contributed by atoms with Crippen LogP contribution in [-0.4, -0.2) is 22.3 Å². The minimum Gasteiger partial charge on any atom is -0.321 e. The van der Waals surface area contributed by atoms with Crippen LogP contribution in [0.1, 0.15) is 15.9 Å². The highest BCUT2D eigenvalue weighted by molar-refractivity contribution is 5.98. The second-order valence-electron chi connectivity index (χ2n) is 4.58. The first-order valence-electron chi connectivity index (χ1n) is 6.57. The van der Waals surface area contributed by atoms with Gasteiger partial charge in [-0.1, -0.05) is 42.5 Å². The van der Waals surface area contributed by atoms with E-state index in [4.69, 9.17) is 5.26 Å². The minimum absolute atomic E-state index is 0.0151. The molecule has 6 nitrogen and oxygen atoms in total. The maximum absolute atomic E-state index is 12.5. The molecule has 0 aliphatic heterocycles. The lowest BCUT2D eigenvalue weighted by molar-refractivity contribution is -0.385. The van der Waals surface area contributed by atoms with Crippen LogP contribution in [0.2, 0.25) is 0 Å². The third kappa shape index (κ3) is 3.46. The van der Waals surface area contributed by atoms with Crippen LogP contribution in [0.5, 0.6) is 0 Å². The van der Waals surface area contributed by atoms with Gasteiger partial charge in [0.25, 0.3) is 11.6 Å². The minimum atomic E-state index is -0.597. The molecule has 0 unspecified atom stereocenters. The van der Waals surface area contributed by atoms with Gasteiger partial charge in [-0.3, -0.25) is 14.9 Å². The summed E-state index contributed by atoms with van der Waals surface area (Å²) < 4.78 is 0. The molecule has 0 spiro atoms. The van der Waals surface area contributed by atoms with Gasteiger partial charge in [-0.2, -0.15) is 5.26 Å². The lowest BCUT2D eigenvalue weighted by atomic mass is 10.1. The van der Waals surface area contributed by atoms with Crippen LogP contribution in [0.25, 0.3) is 0 Å². The molecular formula is C16H13N3O3. The quantitative estimate of drug-likeness (QED) is 0.482. The first-order chi connectivity index (χ1) is 10.6. The molecule has 0 N–H and O–H groups in total. The van der Waals surface area contributed by atoms with Crippen molar-refractivity contribution in [3.63, 3.8) is 0 Å². The van der Waals surface area contributed by atoms with Gasteiger partial charge in [-0.05, 0) is 11.6 Å². The summed E-state index contributed by atoms with van der Waals surface area (Å²) in [6.45, 7) is 0.0824. The number of rotatable bonds is 5. The molecule has 1 amide bonds. The van der Waals surface area contributed by atoms with Crippen molar-refractivity contribution in [3.8, 4) is 6.07 Å². The normalized spacial score (nSPS) is 9.77. The number of carbonyl (C=O) groups is 1. The number of nitro benzene ring substituents is 1. The Labute approximate surface area is 127 Å². The van der Waals surface area contributed by atoms with Gasteiger partial charge in [0, 0.05) is 12.6 Å². The maximum atomic E-state index is 12.5. The van der Waals surface area contributed by atoms with Gasteiger partial charge in [-0.15, -0.1) is 0 Å². The number of benzene rings is 2. The smallest absolute Gasteiger partial charge is 0.282 e. The lowest BCUT2D eigenvalue weighted by Crippen LogP contribution is -2.31. The second-order valence-corrected chi connectivity index (χ2v) is 4.58. The maximum Gasteiger partial charge on any atom is 0.282 e. The summed E-state index contributed by atoms with van der Waals surface area (Å²) in [5, 5.41) is 19.9. The van der Waals surface area contributed by atoms with E-state index < -0.39 is 10.8 Å². The molecule has 0 saturated heterocycles. The fourth-order valence-corrected chi connectivity index (χ4v) is 2.07. The number of nitrogens with zero attached hydrogens (tertiary/aromatic N) is 3. The van der Waals surface area contributed by atoms with Crippen LogP contribution in [0, 0.1) is 21.4 Å². The van der Waals surface area contributed by atoms with E-state index in [1.54, 1.807) is 6.07 Å². The summed E-state index contributed by atoms with van der Waals surface area (Å²) in [5.74, 6) is -0.530.